The van der Waals surface area contributed by atoms with Crippen molar-refractivity contribution in [3.05, 3.63) is 35.9 Å². The van der Waals surface area contributed by atoms with Crippen molar-refractivity contribution in [2.75, 3.05) is 32.7 Å². The Labute approximate surface area is 152 Å². The molecular weight excluding hydrogens is 310 g/mol. The molecule has 1 aromatic rings. The van der Waals surface area contributed by atoms with Gasteiger partial charge >= 0.3 is 0 Å². The van der Waals surface area contributed by atoms with Crippen LogP contribution in [0.25, 0.3) is 0 Å². The molecule has 1 aromatic carbocycles. The van der Waals surface area contributed by atoms with Crippen molar-refractivity contribution in [3.63, 3.8) is 0 Å². The Balaban J connectivity index is 1.39. The SMILES string of the molecule is C[C@@H]1[C@H](C)CCC[C@H]1NC(=O)CN1CCN(Cc2ccccc2)CC1. The van der Waals surface area contributed by atoms with Gasteiger partial charge in [-0.15, -0.1) is 0 Å². The van der Waals surface area contributed by atoms with Crippen LogP contribution in [0, 0.1) is 11.8 Å². The molecule has 0 aromatic heterocycles. The first kappa shape index (κ1) is 18.4. The number of rotatable bonds is 5. The van der Waals surface area contributed by atoms with Gasteiger partial charge in [0.15, 0.2) is 0 Å². The Bertz CT molecular complexity index is 539. The molecule has 0 radical (unpaired) electrons. The first-order valence-electron chi connectivity index (χ1n) is 9.90. The molecule has 1 heterocycles. The highest BCUT2D eigenvalue weighted by atomic mass is 16.2. The summed E-state index contributed by atoms with van der Waals surface area (Å²) in [7, 11) is 0. The zero-order chi connectivity index (χ0) is 17.6. The van der Waals surface area contributed by atoms with Crippen LogP contribution in [0.2, 0.25) is 0 Å². The number of amides is 1. The predicted molar refractivity (Wildman–Crippen MR) is 102 cm³/mol. The number of hydrogen-bond donors (Lipinski definition) is 1. The van der Waals surface area contributed by atoms with E-state index in [1.54, 1.807) is 0 Å². The molecule has 1 aliphatic heterocycles. The third-order valence-electron chi connectivity index (χ3n) is 6.13. The average Bonchev–Trinajstić information content (AvgIpc) is 2.62. The number of benzene rings is 1. The van der Waals surface area contributed by atoms with Crippen molar-refractivity contribution in [1.29, 1.82) is 0 Å². The maximum absolute atomic E-state index is 12.4. The highest BCUT2D eigenvalue weighted by Crippen LogP contribution is 2.29. The summed E-state index contributed by atoms with van der Waals surface area (Å²) >= 11 is 0. The Morgan fingerprint density at radius 3 is 2.44 bits per heavy atom. The summed E-state index contributed by atoms with van der Waals surface area (Å²) in [6.45, 7) is 10.2. The van der Waals surface area contributed by atoms with Crippen molar-refractivity contribution < 1.29 is 4.79 Å². The lowest BCUT2D eigenvalue weighted by Crippen LogP contribution is -2.51. The zero-order valence-electron chi connectivity index (χ0n) is 15.8. The Morgan fingerprint density at radius 2 is 1.72 bits per heavy atom. The van der Waals surface area contributed by atoms with E-state index in [9.17, 15) is 4.79 Å². The van der Waals surface area contributed by atoms with Gasteiger partial charge in [0.1, 0.15) is 0 Å². The van der Waals surface area contributed by atoms with Crippen molar-refractivity contribution >= 4 is 5.91 Å². The van der Waals surface area contributed by atoms with E-state index >= 15 is 0 Å². The normalized spacial score (nSPS) is 28.6. The van der Waals surface area contributed by atoms with Gasteiger partial charge in [-0.25, -0.2) is 0 Å². The van der Waals surface area contributed by atoms with Gasteiger partial charge < -0.3 is 5.32 Å². The van der Waals surface area contributed by atoms with E-state index in [4.69, 9.17) is 0 Å². The van der Waals surface area contributed by atoms with Crippen molar-refractivity contribution in [2.45, 2.75) is 45.7 Å². The topological polar surface area (TPSA) is 35.6 Å². The molecule has 1 saturated carbocycles. The monoisotopic (exact) mass is 343 g/mol. The first-order chi connectivity index (χ1) is 12.1. The molecular formula is C21H33N3O. The van der Waals surface area contributed by atoms with Crippen LogP contribution in [0.15, 0.2) is 30.3 Å². The first-order valence-corrected chi connectivity index (χ1v) is 9.90. The second kappa shape index (κ2) is 8.81. The van der Waals surface area contributed by atoms with E-state index in [0.717, 1.165) is 45.1 Å². The summed E-state index contributed by atoms with van der Waals surface area (Å²) in [6, 6.07) is 11.0. The van der Waals surface area contributed by atoms with E-state index in [0.29, 0.717) is 18.5 Å². The number of piperazine rings is 1. The second-order valence-electron chi connectivity index (χ2n) is 7.98. The molecule has 138 valence electrons. The molecule has 2 aliphatic rings. The van der Waals surface area contributed by atoms with E-state index < -0.39 is 0 Å². The number of carbonyl (C=O) groups excluding carboxylic acids is 1. The van der Waals surface area contributed by atoms with Gasteiger partial charge in [-0.2, -0.15) is 0 Å². The van der Waals surface area contributed by atoms with Gasteiger partial charge in [0.05, 0.1) is 6.54 Å². The van der Waals surface area contributed by atoms with Crippen molar-refractivity contribution in [3.8, 4) is 0 Å². The molecule has 1 N–H and O–H groups in total. The smallest absolute Gasteiger partial charge is 0.234 e. The minimum Gasteiger partial charge on any atom is -0.352 e. The third-order valence-corrected chi connectivity index (χ3v) is 6.13. The molecule has 3 rings (SSSR count). The maximum Gasteiger partial charge on any atom is 0.234 e. The molecule has 3 atom stereocenters. The van der Waals surface area contributed by atoms with Gasteiger partial charge in [-0.3, -0.25) is 14.6 Å². The highest BCUT2D eigenvalue weighted by Gasteiger charge is 2.28. The van der Waals surface area contributed by atoms with Crippen LogP contribution < -0.4 is 5.32 Å². The quantitative estimate of drug-likeness (QED) is 0.893. The predicted octanol–water partition coefficient (Wildman–Crippen LogP) is 2.75. The fourth-order valence-corrected chi connectivity index (χ4v) is 4.19. The molecule has 1 amide bonds. The number of hydrogen-bond acceptors (Lipinski definition) is 3. The molecule has 1 saturated heterocycles. The summed E-state index contributed by atoms with van der Waals surface area (Å²) < 4.78 is 0. The van der Waals surface area contributed by atoms with Crippen LogP contribution in [-0.4, -0.2) is 54.5 Å². The zero-order valence-corrected chi connectivity index (χ0v) is 15.8. The molecule has 0 spiro atoms. The summed E-state index contributed by atoms with van der Waals surface area (Å²) in [4.78, 5) is 17.2. The largest absolute Gasteiger partial charge is 0.352 e. The lowest BCUT2D eigenvalue weighted by molar-refractivity contribution is -0.124. The van der Waals surface area contributed by atoms with Crippen LogP contribution in [0.3, 0.4) is 0 Å². The minimum atomic E-state index is 0.211. The minimum absolute atomic E-state index is 0.211. The van der Waals surface area contributed by atoms with Crippen LogP contribution in [0.5, 0.6) is 0 Å². The lowest BCUT2D eigenvalue weighted by Gasteiger charge is -2.36. The van der Waals surface area contributed by atoms with E-state index in [2.05, 4.69) is 59.3 Å². The molecule has 0 unspecified atom stereocenters. The van der Waals surface area contributed by atoms with Gasteiger partial charge in [0.2, 0.25) is 5.91 Å². The number of nitrogens with one attached hydrogen (secondary N) is 1. The Hall–Kier alpha value is -1.39. The van der Waals surface area contributed by atoms with Gasteiger partial charge in [0, 0.05) is 38.8 Å². The van der Waals surface area contributed by atoms with Crippen LogP contribution >= 0.6 is 0 Å². The molecule has 0 bridgehead atoms. The van der Waals surface area contributed by atoms with Crippen molar-refractivity contribution in [2.24, 2.45) is 11.8 Å². The second-order valence-corrected chi connectivity index (χ2v) is 7.98. The van der Waals surface area contributed by atoms with Crippen LogP contribution in [0.4, 0.5) is 0 Å². The number of nitrogens with zero attached hydrogens (tertiary/aromatic N) is 2. The van der Waals surface area contributed by atoms with E-state index in [-0.39, 0.29) is 5.91 Å². The fraction of sp³-hybridized carbons (Fsp3) is 0.667. The maximum atomic E-state index is 12.4. The summed E-state index contributed by atoms with van der Waals surface area (Å²) in [6.07, 6.45) is 3.69. The Morgan fingerprint density at radius 1 is 1.04 bits per heavy atom. The van der Waals surface area contributed by atoms with E-state index in [1.165, 1.54) is 18.4 Å². The Kier molecular flexibility index (Phi) is 6.49. The summed E-state index contributed by atoms with van der Waals surface area (Å²) in [5.41, 5.74) is 1.37. The van der Waals surface area contributed by atoms with Crippen LogP contribution in [0.1, 0.15) is 38.7 Å². The van der Waals surface area contributed by atoms with Crippen molar-refractivity contribution in [1.82, 2.24) is 15.1 Å². The molecule has 25 heavy (non-hydrogen) atoms. The molecule has 4 heteroatoms. The van der Waals surface area contributed by atoms with E-state index in [1.807, 2.05) is 0 Å². The summed E-state index contributed by atoms with van der Waals surface area (Å²) in [5, 5.41) is 3.30. The highest BCUT2D eigenvalue weighted by molar-refractivity contribution is 5.78. The van der Waals surface area contributed by atoms with Gasteiger partial charge in [0.25, 0.3) is 0 Å². The molecule has 2 fully saturated rings. The van der Waals surface area contributed by atoms with Gasteiger partial charge in [-0.05, 0) is 23.8 Å². The lowest BCUT2D eigenvalue weighted by atomic mass is 9.78. The van der Waals surface area contributed by atoms with Crippen LogP contribution in [-0.2, 0) is 11.3 Å². The third kappa shape index (κ3) is 5.29. The van der Waals surface area contributed by atoms with Gasteiger partial charge in [-0.1, -0.05) is 57.0 Å². The average molecular weight is 344 g/mol. The number of carbonyl (C=O) groups is 1. The summed E-state index contributed by atoms with van der Waals surface area (Å²) in [5.74, 6) is 1.53. The molecule has 1 aliphatic carbocycles. The molecule has 4 nitrogen and oxygen atoms in total. The standard InChI is InChI=1S/C21H33N3O/c1-17-7-6-10-20(18(17)2)22-21(25)16-24-13-11-23(12-14-24)15-19-8-4-3-5-9-19/h3-5,8-9,17-18,20H,6-7,10-16H2,1-2H3,(H,22,25)/t17-,18-,20-/m1/s1. The fourth-order valence-electron chi connectivity index (χ4n) is 4.19.